The van der Waals surface area contributed by atoms with Gasteiger partial charge in [-0.3, -0.25) is 4.79 Å². The Morgan fingerprint density at radius 2 is 2.12 bits per heavy atom. The van der Waals surface area contributed by atoms with Crippen LogP contribution in [0.2, 0.25) is 0 Å². The summed E-state index contributed by atoms with van der Waals surface area (Å²) >= 11 is 0. The van der Waals surface area contributed by atoms with Crippen LogP contribution in [-0.2, 0) is 4.79 Å². The molecule has 8 nitrogen and oxygen atoms in total. The average molecular weight is 235 g/mol. The number of anilines is 1. The topological polar surface area (TPSA) is 126 Å². The second-order valence-electron chi connectivity index (χ2n) is 2.94. The zero-order valence-corrected chi connectivity index (χ0v) is 8.48. The highest BCUT2D eigenvalue weighted by Gasteiger charge is 2.18. The van der Waals surface area contributed by atoms with Gasteiger partial charge in [-0.25, -0.2) is 0 Å². The highest BCUT2D eigenvalue weighted by Crippen LogP contribution is 2.15. The number of rotatable bonds is 4. The van der Waals surface area contributed by atoms with Crippen LogP contribution >= 0.6 is 0 Å². The van der Waals surface area contributed by atoms with Gasteiger partial charge in [0.2, 0.25) is 0 Å². The molecule has 0 unspecified atom stereocenters. The fraction of sp³-hybridized carbons (Fsp3) is 0.111. The molecule has 0 aliphatic heterocycles. The van der Waals surface area contributed by atoms with Crippen LogP contribution in [0.1, 0.15) is 5.56 Å². The molecule has 0 spiro atoms. The maximum absolute atomic E-state index is 11.0. The van der Waals surface area contributed by atoms with E-state index in [0.717, 1.165) is 0 Å². The Morgan fingerprint density at radius 3 is 2.53 bits per heavy atom. The standard InChI is InChI=1S/C9H8N4O4/c10-5-7-1-3-8(4-2-7)12(6-9(14)15)13(17)11-16/h1-4,16H,6H2,(H,14,15)/p-1/b13-11-. The fourth-order valence-electron chi connectivity index (χ4n) is 1.13. The lowest BCUT2D eigenvalue weighted by atomic mass is 10.2. The summed E-state index contributed by atoms with van der Waals surface area (Å²) in [7, 11) is 0. The number of carbonyl (C=O) groups is 1. The zero-order chi connectivity index (χ0) is 12.8. The number of benzene rings is 1. The Kier molecular flexibility index (Phi) is 3.83. The van der Waals surface area contributed by atoms with E-state index in [1.54, 1.807) is 0 Å². The summed E-state index contributed by atoms with van der Waals surface area (Å²) in [6.45, 7) is -0.707. The Morgan fingerprint density at radius 1 is 1.53 bits per heavy atom. The van der Waals surface area contributed by atoms with Gasteiger partial charge in [-0.15, -0.1) is 5.01 Å². The van der Waals surface area contributed by atoms with Crippen LogP contribution < -0.4 is 5.01 Å². The highest BCUT2D eigenvalue weighted by atomic mass is 16.6. The Hall–Kier alpha value is -2.82. The van der Waals surface area contributed by atoms with Gasteiger partial charge >= 0.3 is 5.97 Å². The largest absolute Gasteiger partial charge is 0.737 e. The molecule has 0 saturated heterocycles. The third kappa shape index (κ3) is 3.07. The van der Waals surface area contributed by atoms with Crippen molar-refractivity contribution in [3.05, 3.63) is 40.2 Å². The van der Waals surface area contributed by atoms with E-state index in [9.17, 15) is 15.2 Å². The molecule has 0 aliphatic rings. The van der Waals surface area contributed by atoms with Crippen molar-refractivity contribution < 1.29 is 14.9 Å². The van der Waals surface area contributed by atoms with Crippen LogP contribution in [0.4, 0.5) is 5.69 Å². The van der Waals surface area contributed by atoms with E-state index in [1.807, 2.05) is 6.07 Å². The Bertz CT molecular complexity index is 477. The summed E-state index contributed by atoms with van der Waals surface area (Å²) in [5, 5.41) is 41.0. The minimum absolute atomic E-state index is 0.154. The van der Waals surface area contributed by atoms with Crippen molar-refractivity contribution in [1.29, 1.82) is 5.26 Å². The molecule has 0 aromatic heterocycles. The molecule has 17 heavy (non-hydrogen) atoms. The summed E-state index contributed by atoms with van der Waals surface area (Å²) in [5.41, 5.74) is 0.501. The molecule has 0 radical (unpaired) electrons. The number of carboxylic acid groups (broad SMARTS) is 1. The second kappa shape index (κ2) is 5.32. The predicted octanol–water partition coefficient (Wildman–Crippen LogP) is 0.825. The molecule has 1 aromatic carbocycles. The molecule has 1 N–H and O–H groups in total. The lowest BCUT2D eigenvalue weighted by molar-refractivity contribution is -0.538. The lowest BCUT2D eigenvalue weighted by Crippen LogP contribution is -2.35. The van der Waals surface area contributed by atoms with Crippen molar-refractivity contribution in [3.63, 3.8) is 0 Å². The first-order valence-corrected chi connectivity index (χ1v) is 4.38. The van der Waals surface area contributed by atoms with Crippen molar-refractivity contribution in [3.8, 4) is 6.07 Å². The number of carboxylic acids is 1. The molecule has 0 saturated carbocycles. The van der Waals surface area contributed by atoms with Gasteiger partial charge in [0.1, 0.15) is 5.69 Å². The fourth-order valence-corrected chi connectivity index (χ4v) is 1.13. The van der Waals surface area contributed by atoms with Gasteiger partial charge in [0.15, 0.2) is 6.54 Å². The van der Waals surface area contributed by atoms with E-state index in [-0.39, 0.29) is 10.7 Å². The van der Waals surface area contributed by atoms with E-state index in [4.69, 9.17) is 10.4 Å². The van der Waals surface area contributed by atoms with Crippen LogP contribution in [0.25, 0.3) is 0 Å². The van der Waals surface area contributed by atoms with Crippen molar-refractivity contribution in [2.45, 2.75) is 0 Å². The van der Waals surface area contributed by atoms with Crippen LogP contribution in [0.5, 0.6) is 0 Å². The lowest BCUT2D eigenvalue weighted by Gasteiger charge is -2.17. The monoisotopic (exact) mass is 235 g/mol. The molecule has 0 aliphatic carbocycles. The van der Waals surface area contributed by atoms with E-state index >= 15 is 0 Å². The Balaban J connectivity index is 3.04. The molecule has 0 heterocycles. The first kappa shape index (κ1) is 12.3. The van der Waals surface area contributed by atoms with Crippen molar-refractivity contribution in [2.24, 2.45) is 5.28 Å². The summed E-state index contributed by atoms with van der Waals surface area (Å²) < 4.78 is 0. The number of hydrazine groups is 1. The molecule has 0 fully saturated rings. The molecule has 0 bridgehead atoms. The van der Waals surface area contributed by atoms with Gasteiger partial charge in [-0.05, 0) is 29.5 Å². The van der Waals surface area contributed by atoms with Gasteiger partial charge in [-0.1, -0.05) is 0 Å². The normalized spacial score (nSPS) is 10.6. The summed E-state index contributed by atoms with van der Waals surface area (Å²) in [4.78, 5) is 10.2. The molecule has 0 amide bonds. The van der Waals surface area contributed by atoms with Gasteiger partial charge in [0, 0.05) is 4.97 Å². The maximum atomic E-state index is 11.0. The molecular formula is C9H7N4O4-. The Labute approximate surface area is 95.8 Å². The molecule has 1 aromatic rings. The van der Waals surface area contributed by atoms with E-state index in [0.29, 0.717) is 10.6 Å². The smallest absolute Gasteiger partial charge is 0.329 e. The average Bonchev–Trinajstić information content (AvgIpc) is 2.35. The number of hydrogen-bond donors (Lipinski definition) is 1. The van der Waals surface area contributed by atoms with Crippen molar-refractivity contribution in [1.82, 2.24) is 0 Å². The zero-order valence-electron chi connectivity index (χ0n) is 8.48. The summed E-state index contributed by atoms with van der Waals surface area (Å²) in [6.07, 6.45) is 0. The quantitative estimate of drug-likeness (QED) is 0.467. The summed E-state index contributed by atoms with van der Waals surface area (Å²) in [6, 6.07) is 7.34. The SMILES string of the molecule is N#Cc1ccc(N(CC(=O)O)/[N+]([O-])=N/[O-])cc1. The van der Waals surface area contributed by atoms with Gasteiger partial charge < -0.3 is 15.5 Å². The number of hydrogen-bond acceptors (Lipinski definition) is 5. The van der Waals surface area contributed by atoms with Crippen LogP contribution in [0, 0.1) is 21.7 Å². The molecule has 8 heteroatoms. The first-order chi connectivity index (χ1) is 8.08. The van der Waals surface area contributed by atoms with Crippen LogP contribution in [0.3, 0.4) is 0 Å². The van der Waals surface area contributed by atoms with E-state index in [1.165, 1.54) is 24.3 Å². The van der Waals surface area contributed by atoms with Gasteiger partial charge in [-0.2, -0.15) is 5.26 Å². The molecular weight excluding hydrogens is 228 g/mol. The molecule has 1 rings (SSSR count). The molecule has 0 atom stereocenters. The van der Waals surface area contributed by atoms with Crippen molar-refractivity contribution in [2.75, 3.05) is 11.6 Å². The van der Waals surface area contributed by atoms with Crippen LogP contribution in [-0.4, -0.2) is 22.6 Å². The maximum Gasteiger partial charge on any atom is 0.329 e. The molecule has 88 valence electrons. The number of nitriles is 1. The predicted molar refractivity (Wildman–Crippen MR) is 55.6 cm³/mol. The number of aliphatic carboxylic acids is 1. The minimum atomic E-state index is -1.29. The van der Waals surface area contributed by atoms with Gasteiger partial charge in [0.25, 0.3) is 0 Å². The van der Waals surface area contributed by atoms with Gasteiger partial charge in [0.05, 0.1) is 11.6 Å². The highest BCUT2D eigenvalue weighted by molar-refractivity contribution is 5.72. The second-order valence-corrected chi connectivity index (χ2v) is 2.94. The van der Waals surface area contributed by atoms with E-state index < -0.39 is 12.5 Å². The third-order valence-corrected chi connectivity index (χ3v) is 1.86. The number of nitrogens with zero attached hydrogens (tertiary/aromatic N) is 4. The van der Waals surface area contributed by atoms with Crippen LogP contribution in [0.15, 0.2) is 29.5 Å². The van der Waals surface area contributed by atoms with Crippen molar-refractivity contribution >= 4 is 11.7 Å². The summed E-state index contributed by atoms with van der Waals surface area (Å²) in [5.74, 6) is -1.29. The first-order valence-electron chi connectivity index (χ1n) is 4.38. The third-order valence-electron chi connectivity index (χ3n) is 1.86. The van der Waals surface area contributed by atoms with E-state index in [2.05, 4.69) is 5.28 Å². The minimum Gasteiger partial charge on any atom is -0.737 e.